The van der Waals surface area contributed by atoms with Crippen LogP contribution in [0.5, 0.6) is 0 Å². The van der Waals surface area contributed by atoms with Crippen molar-refractivity contribution in [3.8, 4) is 0 Å². The average molecular weight is 303 g/mol. The summed E-state index contributed by atoms with van der Waals surface area (Å²) in [6, 6.07) is 2.03. The fraction of sp³-hybridized carbons (Fsp3) is 0.385. The first-order chi connectivity index (χ1) is 9.82. The third kappa shape index (κ3) is 3.38. The molecule has 2 rings (SSSR count). The normalized spacial score (nSPS) is 13.4. The summed E-state index contributed by atoms with van der Waals surface area (Å²) in [6.07, 6.45) is -5.11. The third-order valence-electron chi connectivity index (χ3n) is 3.05. The van der Waals surface area contributed by atoms with Gasteiger partial charge in [-0.3, -0.25) is 4.68 Å². The first-order valence-corrected chi connectivity index (χ1v) is 6.24. The second-order valence-corrected chi connectivity index (χ2v) is 4.44. The van der Waals surface area contributed by atoms with Gasteiger partial charge in [0.15, 0.2) is 0 Å². The van der Waals surface area contributed by atoms with Gasteiger partial charge in [-0.05, 0) is 30.7 Å². The molecule has 4 nitrogen and oxygen atoms in total. The van der Waals surface area contributed by atoms with Crippen molar-refractivity contribution in [2.45, 2.75) is 32.2 Å². The van der Waals surface area contributed by atoms with E-state index >= 15 is 0 Å². The molecule has 0 saturated heterocycles. The lowest BCUT2D eigenvalue weighted by atomic mass is 9.99. The van der Waals surface area contributed by atoms with Gasteiger partial charge in [-0.15, -0.1) is 0 Å². The van der Waals surface area contributed by atoms with Crippen LogP contribution in [0.15, 0.2) is 24.5 Å². The van der Waals surface area contributed by atoms with E-state index in [0.29, 0.717) is 30.6 Å². The van der Waals surface area contributed by atoms with Gasteiger partial charge in [-0.2, -0.15) is 18.3 Å². The Labute approximate surface area is 118 Å². The number of benzene rings is 1. The van der Waals surface area contributed by atoms with Gasteiger partial charge in [0.25, 0.3) is 0 Å². The molecule has 1 unspecified atom stereocenters. The molecule has 0 fully saturated rings. The Hall–Kier alpha value is -1.96. The van der Waals surface area contributed by atoms with Crippen molar-refractivity contribution in [1.29, 1.82) is 0 Å². The molecule has 0 bridgehead atoms. The van der Waals surface area contributed by atoms with Gasteiger partial charge in [0.2, 0.25) is 0 Å². The summed E-state index contributed by atoms with van der Waals surface area (Å²) in [5, 5.41) is 13.9. The highest BCUT2D eigenvalue weighted by molar-refractivity contribution is 5.32. The molecule has 114 valence electrons. The van der Waals surface area contributed by atoms with Crippen molar-refractivity contribution in [1.82, 2.24) is 14.8 Å². The average Bonchev–Trinajstić information content (AvgIpc) is 2.84. The number of hydrogen-bond acceptors (Lipinski definition) is 3. The molecule has 0 radical (unpaired) electrons. The molecule has 0 aliphatic carbocycles. The lowest BCUT2D eigenvalue weighted by molar-refractivity contribution is -0.139. The van der Waals surface area contributed by atoms with Crippen LogP contribution < -0.4 is 0 Å². The predicted molar refractivity (Wildman–Crippen MR) is 65.8 cm³/mol. The van der Waals surface area contributed by atoms with E-state index < -0.39 is 29.2 Å². The summed E-state index contributed by atoms with van der Waals surface area (Å²) in [5.74, 6) is -0.503. The minimum Gasteiger partial charge on any atom is -0.388 e. The number of hydrogen-bond donors (Lipinski definition) is 1. The van der Waals surface area contributed by atoms with Gasteiger partial charge in [-0.1, -0.05) is 0 Å². The standard InChI is InChI=1S/C13H13F4N3O/c1-2-20-12(18-7-19-20)6-11(21)9-5-8(14)3-4-10(9)13(15,16)17/h3-5,7,11,21H,2,6H2,1H3. The molecule has 0 aliphatic rings. The van der Waals surface area contributed by atoms with E-state index in [1.54, 1.807) is 6.92 Å². The highest BCUT2D eigenvalue weighted by Crippen LogP contribution is 2.35. The summed E-state index contributed by atoms with van der Waals surface area (Å²) in [7, 11) is 0. The number of aliphatic hydroxyl groups is 1. The molecule has 1 atom stereocenters. The Balaban J connectivity index is 2.34. The van der Waals surface area contributed by atoms with Gasteiger partial charge in [0, 0.05) is 13.0 Å². The molecule has 1 heterocycles. The zero-order chi connectivity index (χ0) is 15.6. The van der Waals surface area contributed by atoms with Crippen molar-refractivity contribution in [3.63, 3.8) is 0 Å². The van der Waals surface area contributed by atoms with Crippen LogP contribution in [0, 0.1) is 5.82 Å². The number of aromatic nitrogens is 3. The highest BCUT2D eigenvalue weighted by atomic mass is 19.4. The maximum Gasteiger partial charge on any atom is 0.416 e. The first kappa shape index (κ1) is 15.4. The molecule has 1 N–H and O–H groups in total. The largest absolute Gasteiger partial charge is 0.416 e. The summed E-state index contributed by atoms with van der Waals surface area (Å²) in [4.78, 5) is 3.88. The van der Waals surface area contributed by atoms with Crippen LogP contribution in [0.1, 0.15) is 30.0 Å². The second-order valence-electron chi connectivity index (χ2n) is 4.44. The molecule has 1 aromatic heterocycles. The first-order valence-electron chi connectivity index (χ1n) is 6.24. The second kappa shape index (κ2) is 5.80. The van der Waals surface area contributed by atoms with E-state index in [1.807, 2.05) is 0 Å². The van der Waals surface area contributed by atoms with Crippen LogP contribution in [0.4, 0.5) is 17.6 Å². The van der Waals surface area contributed by atoms with Gasteiger partial charge in [-0.25, -0.2) is 9.37 Å². The smallest absolute Gasteiger partial charge is 0.388 e. The number of aryl methyl sites for hydroxylation is 1. The Bertz CT molecular complexity index is 624. The monoisotopic (exact) mass is 303 g/mol. The van der Waals surface area contributed by atoms with Crippen LogP contribution in [0.2, 0.25) is 0 Å². The lowest BCUT2D eigenvalue weighted by Crippen LogP contribution is -2.15. The molecule has 21 heavy (non-hydrogen) atoms. The number of alkyl halides is 3. The molecule has 0 spiro atoms. The summed E-state index contributed by atoms with van der Waals surface area (Å²) >= 11 is 0. The van der Waals surface area contributed by atoms with Crippen molar-refractivity contribution in [2.75, 3.05) is 0 Å². The van der Waals surface area contributed by atoms with E-state index in [0.717, 1.165) is 0 Å². The number of rotatable bonds is 4. The summed E-state index contributed by atoms with van der Waals surface area (Å²) in [5.41, 5.74) is -1.56. The molecule has 0 aliphatic heterocycles. The van der Waals surface area contributed by atoms with E-state index in [9.17, 15) is 22.7 Å². The fourth-order valence-corrected chi connectivity index (χ4v) is 2.06. The van der Waals surface area contributed by atoms with Gasteiger partial charge in [0.1, 0.15) is 18.0 Å². The van der Waals surface area contributed by atoms with Crippen LogP contribution in [0.25, 0.3) is 0 Å². The Kier molecular flexibility index (Phi) is 4.26. The van der Waals surface area contributed by atoms with Crippen LogP contribution in [0.3, 0.4) is 0 Å². The summed E-state index contributed by atoms with van der Waals surface area (Å²) in [6.45, 7) is 2.26. The number of halogens is 4. The van der Waals surface area contributed by atoms with Crippen LogP contribution in [-0.4, -0.2) is 19.9 Å². The topological polar surface area (TPSA) is 50.9 Å². The SMILES string of the molecule is CCn1ncnc1CC(O)c1cc(F)ccc1C(F)(F)F. The van der Waals surface area contributed by atoms with Gasteiger partial charge < -0.3 is 5.11 Å². The molecule has 0 saturated carbocycles. The summed E-state index contributed by atoms with van der Waals surface area (Å²) < 4.78 is 53.4. The minimum absolute atomic E-state index is 0.180. The molecule has 8 heteroatoms. The van der Waals surface area contributed by atoms with E-state index in [4.69, 9.17) is 0 Å². The third-order valence-corrected chi connectivity index (χ3v) is 3.05. The fourth-order valence-electron chi connectivity index (χ4n) is 2.06. The zero-order valence-corrected chi connectivity index (χ0v) is 11.1. The van der Waals surface area contributed by atoms with Gasteiger partial charge >= 0.3 is 6.18 Å². The van der Waals surface area contributed by atoms with Crippen molar-refractivity contribution in [3.05, 3.63) is 47.3 Å². The number of aliphatic hydroxyl groups excluding tert-OH is 1. The quantitative estimate of drug-likeness (QED) is 0.884. The van der Waals surface area contributed by atoms with Crippen molar-refractivity contribution >= 4 is 0 Å². The maximum atomic E-state index is 13.2. The Morgan fingerprint density at radius 2 is 2.05 bits per heavy atom. The molecule has 1 aromatic carbocycles. The Morgan fingerprint density at radius 1 is 1.33 bits per heavy atom. The molecular formula is C13H13F4N3O. The van der Waals surface area contributed by atoms with Crippen molar-refractivity contribution < 1.29 is 22.7 Å². The van der Waals surface area contributed by atoms with E-state index in [2.05, 4.69) is 10.1 Å². The lowest BCUT2D eigenvalue weighted by Gasteiger charge is -2.17. The minimum atomic E-state index is -4.66. The number of nitrogens with zero attached hydrogens (tertiary/aromatic N) is 3. The maximum absolute atomic E-state index is 13.2. The highest BCUT2D eigenvalue weighted by Gasteiger charge is 2.35. The molecular weight excluding hydrogens is 290 g/mol. The van der Waals surface area contributed by atoms with Crippen LogP contribution >= 0.6 is 0 Å². The van der Waals surface area contributed by atoms with Crippen molar-refractivity contribution in [2.24, 2.45) is 0 Å². The van der Waals surface area contributed by atoms with Gasteiger partial charge in [0.05, 0.1) is 11.7 Å². The Morgan fingerprint density at radius 3 is 2.67 bits per heavy atom. The van der Waals surface area contributed by atoms with Crippen LogP contribution in [-0.2, 0) is 19.1 Å². The molecule has 0 amide bonds. The predicted octanol–water partition coefficient (Wildman–Crippen LogP) is 2.73. The van der Waals surface area contributed by atoms with E-state index in [-0.39, 0.29) is 6.42 Å². The molecule has 2 aromatic rings. The van der Waals surface area contributed by atoms with E-state index in [1.165, 1.54) is 11.0 Å². The zero-order valence-electron chi connectivity index (χ0n) is 11.1.